The van der Waals surface area contributed by atoms with Crippen LogP contribution in [0.15, 0.2) is 30.3 Å². The molecule has 0 heterocycles. The third-order valence-corrected chi connectivity index (χ3v) is 4.56. The number of hydrogen-bond acceptors (Lipinski definition) is 2. The summed E-state index contributed by atoms with van der Waals surface area (Å²) in [5, 5.41) is 3.49. The molecule has 0 amide bonds. The van der Waals surface area contributed by atoms with E-state index in [0.717, 1.165) is 6.04 Å². The highest BCUT2D eigenvalue weighted by atomic mass is 15.1. The lowest BCUT2D eigenvalue weighted by atomic mass is 9.94. The van der Waals surface area contributed by atoms with Crippen LogP contribution in [-0.4, -0.2) is 31.6 Å². The highest BCUT2D eigenvalue weighted by molar-refractivity contribution is 5.19. The fourth-order valence-corrected chi connectivity index (χ4v) is 3.49. The molecule has 1 aliphatic carbocycles. The van der Waals surface area contributed by atoms with Crippen LogP contribution < -0.4 is 5.32 Å². The van der Waals surface area contributed by atoms with Crippen LogP contribution in [0, 0.1) is 5.92 Å². The van der Waals surface area contributed by atoms with E-state index in [-0.39, 0.29) is 0 Å². The van der Waals surface area contributed by atoms with Gasteiger partial charge in [-0.1, -0.05) is 50.1 Å². The van der Waals surface area contributed by atoms with Crippen molar-refractivity contribution in [2.24, 2.45) is 5.92 Å². The van der Waals surface area contributed by atoms with Crippen molar-refractivity contribution in [1.82, 2.24) is 10.2 Å². The lowest BCUT2D eigenvalue weighted by Crippen LogP contribution is -2.37. The second kappa shape index (κ2) is 7.06. The van der Waals surface area contributed by atoms with E-state index < -0.39 is 0 Å². The van der Waals surface area contributed by atoms with Crippen molar-refractivity contribution in [3.8, 4) is 0 Å². The minimum absolute atomic E-state index is 0.449. The molecule has 0 aromatic heterocycles. The zero-order chi connectivity index (χ0) is 13.7. The molecule has 106 valence electrons. The monoisotopic (exact) mass is 260 g/mol. The Morgan fingerprint density at radius 3 is 2.42 bits per heavy atom. The standard InChI is InChI=1S/C17H28N2/c1-14(13-19(3)16-11-7-8-12-16)17(18-2)15-9-5-4-6-10-15/h4-6,9-10,14,16-18H,7-8,11-13H2,1-3H3. The minimum atomic E-state index is 0.449. The third kappa shape index (κ3) is 3.80. The summed E-state index contributed by atoms with van der Waals surface area (Å²) in [5.41, 5.74) is 1.40. The summed E-state index contributed by atoms with van der Waals surface area (Å²) in [4.78, 5) is 2.57. The van der Waals surface area contributed by atoms with Gasteiger partial charge < -0.3 is 10.2 Å². The Hall–Kier alpha value is -0.860. The Kier molecular flexibility index (Phi) is 5.41. The fourth-order valence-electron chi connectivity index (χ4n) is 3.49. The molecular formula is C17H28N2. The van der Waals surface area contributed by atoms with Gasteiger partial charge in [-0.05, 0) is 38.4 Å². The smallest absolute Gasteiger partial charge is 0.0355 e. The molecule has 1 N–H and O–H groups in total. The van der Waals surface area contributed by atoms with Gasteiger partial charge in [-0.2, -0.15) is 0 Å². The zero-order valence-corrected chi connectivity index (χ0v) is 12.6. The normalized spacial score (nSPS) is 19.8. The summed E-state index contributed by atoms with van der Waals surface area (Å²) in [7, 11) is 4.37. The summed E-state index contributed by atoms with van der Waals surface area (Å²) >= 11 is 0. The molecule has 0 bridgehead atoms. The number of nitrogens with zero attached hydrogens (tertiary/aromatic N) is 1. The van der Waals surface area contributed by atoms with Gasteiger partial charge in [-0.25, -0.2) is 0 Å². The molecule has 19 heavy (non-hydrogen) atoms. The van der Waals surface area contributed by atoms with Gasteiger partial charge in [0.1, 0.15) is 0 Å². The lowest BCUT2D eigenvalue weighted by molar-refractivity contribution is 0.194. The number of benzene rings is 1. The lowest BCUT2D eigenvalue weighted by Gasteiger charge is -2.31. The van der Waals surface area contributed by atoms with Crippen LogP contribution >= 0.6 is 0 Å². The van der Waals surface area contributed by atoms with Gasteiger partial charge in [0.25, 0.3) is 0 Å². The minimum Gasteiger partial charge on any atom is -0.313 e. The average Bonchev–Trinajstić information content (AvgIpc) is 2.94. The molecule has 0 saturated heterocycles. The van der Waals surface area contributed by atoms with E-state index in [9.17, 15) is 0 Å². The first-order valence-corrected chi connectivity index (χ1v) is 7.65. The van der Waals surface area contributed by atoms with Crippen LogP contribution in [-0.2, 0) is 0 Å². The van der Waals surface area contributed by atoms with Crippen molar-refractivity contribution < 1.29 is 0 Å². The maximum Gasteiger partial charge on any atom is 0.0355 e. The first kappa shape index (κ1) is 14.5. The highest BCUT2D eigenvalue weighted by Gasteiger charge is 2.24. The first-order valence-electron chi connectivity index (χ1n) is 7.65. The summed E-state index contributed by atoms with van der Waals surface area (Å²) < 4.78 is 0. The topological polar surface area (TPSA) is 15.3 Å². The average molecular weight is 260 g/mol. The molecule has 1 aromatic carbocycles. The van der Waals surface area contributed by atoms with Gasteiger partial charge in [0.15, 0.2) is 0 Å². The summed E-state index contributed by atoms with van der Waals surface area (Å²) in [6, 6.07) is 12.1. The predicted molar refractivity (Wildman–Crippen MR) is 82.3 cm³/mol. The Morgan fingerprint density at radius 1 is 1.21 bits per heavy atom. The molecule has 0 aliphatic heterocycles. The summed E-state index contributed by atoms with van der Waals surface area (Å²) in [6.07, 6.45) is 5.60. The molecule has 1 saturated carbocycles. The van der Waals surface area contributed by atoms with E-state index in [1.165, 1.54) is 37.8 Å². The van der Waals surface area contributed by atoms with Crippen molar-refractivity contribution in [2.45, 2.75) is 44.7 Å². The molecule has 1 aliphatic rings. The van der Waals surface area contributed by atoms with Gasteiger partial charge in [0.05, 0.1) is 0 Å². The molecule has 2 rings (SSSR count). The van der Waals surface area contributed by atoms with Crippen LogP contribution in [0.3, 0.4) is 0 Å². The second-order valence-electron chi connectivity index (χ2n) is 6.03. The molecule has 0 spiro atoms. The first-order chi connectivity index (χ1) is 9.22. The van der Waals surface area contributed by atoms with Crippen LogP contribution in [0.5, 0.6) is 0 Å². The maximum atomic E-state index is 3.49. The van der Waals surface area contributed by atoms with Gasteiger partial charge in [0.2, 0.25) is 0 Å². The Bertz CT molecular complexity index is 357. The van der Waals surface area contributed by atoms with E-state index in [4.69, 9.17) is 0 Å². The van der Waals surface area contributed by atoms with Crippen LogP contribution in [0.1, 0.15) is 44.2 Å². The fraction of sp³-hybridized carbons (Fsp3) is 0.647. The van der Waals surface area contributed by atoms with Crippen LogP contribution in [0.25, 0.3) is 0 Å². The van der Waals surface area contributed by atoms with Gasteiger partial charge >= 0.3 is 0 Å². The Balaban J connectivity index is 1.95. The summed E-state index contributed by atoms with van der Waals surface area (Å²) in [5.74, 6) is 0.623. The van der Waals surface area contributed by atoms with Crippen molar-refractivity contribution in [1.29, 1.82) is 0 Å². The van der Waals surface area contributed by atoms with Crippen LogP contribution in [0.2, 0.25) is 0 Å². The molecule has 2 atom stereocenters. The quantitative estimate of drug-likeness (QED) is 0.842. The Morgan fingerprint density at radius 2 is 1.84 bits per heavy atom. The van der Waals surface area contributed by atoms with Crippen molar-refractivity contribution in [2.75, 3.05) is 20.6 Å². The van der Waals surface area contributed by atoms with E-state index >= 15 is 0 Å². The summed E-state index contributed by atoms with van der Waals surface area (Å²) in [6.45, 7) is 3.53. The van der Waals surface area contributed by atoms with Crippen LogP contribution in [0.4, 0.5) is 0 Å². The van der Waals surface area contributed by atoms with Gasteiger partial charge in [-0.3, -0.25) is 0 Å². The molecule has 1 aromatic rings. The van der Waals surface area contributed by atoms with Gasteiger partial charge in [-0.15, -0.1) is 0 Å². The van der Waals surface area contributed by atoms with E-state index in [1.54, 1.807) is 0 Å². The number of rotatable bonds is 6. The molecule has 2 nitrogen and oxygen atoms in total. The molecule has 2 heteroatoms. The second-order valence-corrected chi connectivity index (χ2v) is 6.03. The highest BCUT2D eigenvalue weighted by Crippen LogP contribution is 2.26. The maximum absolute atomic E-state index is 3.49. The molecular weight excluding hydrogens is 232 g/mol. The van der Waals surface area contributed by atoms with E-state index in [1.807, 2.05) is 0 Å². The van der Waals surface area contributed by atoms with Crippen molar-refractivity contribution >= 4 is 0 Å². The SMILES string of the molecule is CNC(c1ccccc1)C(C)CN(C)C1CCCC1. The Labute approximate surface area is 118 Å². The molecule has 0 radical (unpaired) electrons. The van der Waals surface area contributed by atoms with Crippen molar-refractivity contribution in [3.63, 3.8) is 0 Å². The third-order valence-electron chi connectivity index (χ3n) is 4.56. The molecule has 1 fully saturated rings. The predicted octanol–water partition coefficient (Wildman–Crippen LogP) is 3.46. The molecule has 2 unspecified atom stereocenters. The largest absolute Gasteiger partial charge is 0.313 e. The van der Waals surface area contributed by atoms with Crippen molar-refractivity contribution in [3.05, 3.63) is 35.9 Å². The number of nitrogens with one attached hydrogen (secondary N) is 1. The van der Waals surface area contributed by atoms with Gasteiger partial charge in [0, 0.05) is 18.6 Å². The van der Waals surface area contributed by atoms with E-state index in [0.29, 0.717) is 12.0 Å². The van der Waals surface area contributed by atoms with E-state index in [2.05, 4.69) is 61.6 Å². The zero-order valence-electron chi connectivity index (χ0n) is 12.6. The number of hydrogen-bond donors (Lipinski definition) is 1.